The van der Waals surface area contributed by atoms with Crippen molar-refractivity contribution in [2.75, 3.05) is 31.3 Å². The zero-order valence-electron chi connectivity index (χ0n) is 10.0. The minimum absolute atomic E-state index is 0.00348. The van der Waals surface area contributed by atoms with Crippen LogP contribution >= 0.6 is 0 Å². The van der Waals surface area contributed by atoms with Crippen molar-refractivity contribution in [1.29, 1.82) is 0 Å². The van der Waals surface area contributed by atoms with Crippen molar-refractivity contribution in [1.82, 2.24) is 4.90 Å². The summed E-state index contributed by atoms with van der Waals surface area (Å²) >= 11 is 0. The molecular formula is C10H19NO4S. The van der Waals surface area contributed by atoms with Gasteiger partial charge in [0.2, 0.25) is 5.91 Å². The molecule has 0 saturated carbocycles. The summed E-state index contributed by atoms with van der Waals surface area (Å²) in [6.45, 7) is 6.69. The first-order valence-corrected chi connectivity index (χ1v) is 7.19. The molecule has 1 amide bonds. The summed E-state index contributed by atoms with van der Waals surface area (Å²) in [4.78, 5) is 13.5. The molecule has 0 unspecified atom stereocenters. The first kappa shape index (κ1) is 13.4. The monoisotopic (exact) mass is 249 g/mol. The Kier molecular flexibility index (Phi) is 3.96. The van der Waals surface area contributed by atoms with Gasteiger partial charge in [0.25, 0.3) is 0 Å². The summed E-state index contributed by atoms with van der Waals surface area (Å²) in [7, 11) is -3.25. The number of carbonyl (C=O) groups is 1. The van der Waals surface area contributed by atoms with E-state index in [2.05, 4.69) is 0 Å². The Balaban J connectivity index is 2.73. The van der Waals surface area contributed by atoms with Gasteiger partial charge in [-0.1, -0.05) is 6.92 Å². The van der Waals surface area contributed by atoms with E-state index in [1.165, 1.54) is 0 Å². The molecule has 0 radical (unpaired) electrons. The van der Waals surface area contributed by atoms with E-state index >= 15 is 0 Å². The van der Waals surface area contributed by atoms with Crippen molar-refractivity contribution in [2.24, 2.45) is 0 Å². The van der Waals surface area contributed by atoms with Crippen LogP contribution in [0.5, 0.6) is 0 Å². The van der Waals surface area contributed by atoms with E-state index in [9.17, 15) is 13.2 Å². The van der Waals surface area contributed by atoms with Gasteiger partial charge in [0.1, 0.15) is 5.75 Å². The third-order valence-corrected chi connectivity index (χ3v) is 4.30. The fourth-order valence-corrected chi connectivity index (χ4v) is 2.42. The summed E-state index contributed by atoms with van der Waals surface area (Å²) < 4.78 is 28.0. The van der Waals surface area contributed by atoms with Crippen LogP contribution < -0.4 is 0 Å². The highest BCUT2D eigenvalue weighted by atomic mass is 32.2. The van der Waals surface area contributed by atoms with Gasteiger partial charge in [0.05, 0.1) is 18.8 Å². The van der Waals surface area contributed by atoms with Crippen LogP contribution in [0.1, 0.15) is 20.8 Å². The molecule has 16 heavy (non-hydrogen) atoms. The highest BCUT2D eigenvalue weighted by Gasteiger charge is 2.35. The third kappa shape index (κ3) is 3.18. The maximum atomic E-state index is 11.9. The smallest absolute Gasteiger partial charge is 0.238 e. The summed E-state index contributed by atoms with van der Waals surface area (Å²) in [5.74, 6) is -0.716. The predicted molar refractivity (Wildman–Crippen MR) is 60.9 cm³/mol. The maximum absolute atomic E-state index is 11.9. The molecule has 1 fully saturated rings. The van der Waals surface area contributed by atoms with Gasteiger partial charge in [-0.15, -0.1) is 0 Å². The first-order valence-electron chi connectivity index (χ1n) is 5.37. The topological polar surface area (TPSA) is 63.7 Å². The van der Waals surface area contributed by atoms with Crippen molar-refractivity contribution >= 4 is 15.7 Å². The minimum Gasteiger partial charge on any atom is -0.377 e. The number of sulfone groups is 1. The Hall–Kier alpha value is -0.620. The van der Waals surface area contributed by atoms with E-state index < -0.39 is 21.1 Å². The molecule has 6 heteroatoms. The van der Waals surface area contributed by atoms with E-state index in [-0.39, 0.29) is 11.7 Å². The Morgan fingerprint density at radius 2 is 2.06 bits per heavy atom. The fraction of sp³-hybridized carbons (Fsp3) is 0.900. The molecule has 0 atom stereocenters. The van der Waals surface area contributed by atoms with Crippen LogP contribution in [-0.2, 0) is 19.4 Å². The van der Waals surface area contributed by atoms with Crippen molar-refractivity contribution < 1.29 is 17.9 Å². The number of hydrogen-bond acceptors (Lipinski definition) is 4. The van der Waals surface area contributed by atoms with Crippen molar-refractivity contribution in [2.45, 2.75) is 26.3 Å². The van der Waals surface area contributed by atoms with Crippen molar-refractivity contribution in [3.8, 4) is 0 Å². The van der Waals surface area contributed by atoms with Crippen LogP contribution in [0.25, 0.3) is 0 Å². The van der Waals surface area contributed by atoms with Gasteiger partial charge in [-0.05, 0) is 13.8 Å². The van der Waals surface area contributed by atoms with Gasteiger partial charge in [0.15, 0.2) is 9.84 Å². The van der Waals surface area contributed by atoms with Gasteiger partial charge < -0.3 is 9.64 Å². The zero-order valence-corrected chi connectivity index (χ0v) is 10.8. The molecule has 1 rings (SSSR count). The molecule has 1 heterocycles. The average Bonchev–Trinajstić information content (AvgIpc) is 2.16. The number of carbonyl (C=O) groups excluding carboxylic acids is 1. The van der Waals surface area contributed by atoms with E-state index in [0.717, 1.165) is 0 Å². The normalized spacial score (nSPS) is 20.8. The number of ether oxygens (including phenoxy) is 1. The van der Waals surface area contributed by atoms with E-state index in [1.54, 1.807) is 11.8 Å². The van der Waals surface area contributed by atoms with Crippen LogP contribution in [0.4, 0.5) is 0 Å². The number of morpholine rings is 1. The number of nitrogens with zero attached hydrogens (tertiary/aromatic N) is 1. The van der Waals surface area contributed by atoms with Crippen LogP contribution in [0.3, 0.4) is 0 Å². The second-order valence-electron chi connectivity index (χ2n) is 4.59. The van der Waals surface area contributed by atoms with Gasteiger partial charge in [0, 0.05) is 12.3 Å². The molecular weight excluding hydrogens is 230 g/mol. The Labute approximate surface area is 96.7 Å². The quantitative estimate of drug-likeness (QED) is 0.709. The minimum atomic E-state index is -3.25. The van der Waals surface area contributed by atoms with Crippen molar-refractivity contribution in [3.05, 3.63) is 0 Å². The molecule has 0 bridgehead atoms. The number of hydrogen-bond donors (Lipinski definition) is 0. The summed E-state index contributed by atoms with van der Waals surface area (Å²) in [6, 6.07) is 0. The summed E-state index contributed by atoms with van der Waals surface area (Å²) in [5, 5.41) is 0. The molecule has 0 aromatic rings. The van der Waals surface area contributed by atoms with Crippen LogP contribution in [-0.4, -0.2) is 56.0 Å². The summed E-state index contributed by atoms with van der Waals surface area (Å²) in [5.41, 5.74) is -0.418. The Bertz CT molecular complexity index is 361. The molecule has 5 nitrogen and oxygen atoms in total. The fourth-order valence-electron chi connectivity index (χ4n) is 1.69. The lowest BCUT2D eigenvalue weighted by Crippen LogP contribution is -2.56. The SMILES string of the molecule is CCS(=O)(=O)CC(=O)N1CCOCC1(C)C. The Morgan fingerprint density at radius 3 is 2.56 bits per heavy atom. The van der Waals surface area contributed by atoms with Crippen LogP contribution in [0.15, 0.2) is 0 Å². The van der Waals surface area contributed by atoms with E-state index in [4.69, 9.17) is 4.74 Å². The zero-order chi connectivity index (χ0) is 12.4. The molecule has 0 aromatic heterocycles. The lowest BCUT2D eigenvalue weighted by Gasteiger charge is -2.42. The van der Waals surface area contributed by atoms with Crippen LogP contribution in [0, 0.1) is 0 Å². The highest BCUT2D eigenvalue weighted by molar-refractivity contribution is 7.92. The molecule has 0 aromatic carbocycles. The molecule has 0 aliphatic carbocycles. The van der Waals surface area contributed by atoms with Gasteiger partial charge in [-0.2, -0.15) is 0 Å². The molecule has 94 valence electrons. The lowest BCUT2D eigenvalue weighted by atomic mass is 10.0. The van der Waals surface area contributed by atoms with Crippen LogP contribution in [0.2, 0.25) is 0 Å². The average molecular weight is 249 g/mol. The highest BCUT2D eigenvalue weighted by Crippen LogP contribution is 2.19. The van der Waals surface area contributed by atoms with Gasteiger partial charge >= 0.3 is 0 Å². The van der Waals surface area contributed by atoms with Gasteiger partial charge in [-0.3, -0.25) is 4.79 Å². The predicted octanol–water partition coefficient (Wildman–Crippen LogP) is 0.0585. The van der Waals surface area contributed by atoms with Crippen molar-refractivity contribution in [3.63, 3.8) is 0 Å². The number of rotatable bonds is 3. The largest absolute Gasteiger partial charge is 0.377 e. The van der Waals surface area contributed by atoms with Gasteiger partial charge in [-0.25, -0.2) is 8.42 Å². The second kappa shape index (κ2) is 4.71. The summed E-state index contributed by atoms with van der Waals surface area (Å²) in [6.07, 6.45) is 0. The molecule has 0 N–H and O–H groups in total. The molecule has 0 spiro atoms. The third-order valence-electron chi connectivity index (χ3n) is 2.73. The standard InChI is InChI=1S/C10H19NO4S/c1-4-16(13,14)7-9(12)11-5-6-15-8-10(11,2)3/h4-8H2,1-3H3. The molecule has 1 aliphatic rings. The molecule has 1 aliphatic heterocycles. The Morgan fingerprint density at radius 1 is 1.44 bits per heavy atom. The van der Waals surface area contributed by atoms with E-state index in [0.29, 0.717) is 19.8 Å². The molecule has 1 saturated heterocycles. The van der Waals surface area contributed by atoms with E-state index in [1.807, 2.05) is 13.8 Å². The first-order chi connectivity index (χ1) is 7.28. The second-order valence-corrected chi connectivity index (χ2v) is 6.94. The number of amides is 1. The lowest BCUT2D eigenvalue weighted by molar-refractivity contribution is -0.143. The maximum Gasteiger partial charge on any atom is 0.238 e.